The molecular weight excluding hydrogens is 294 g/mol. The number of tetrazole rings is 1. The Bertz CT molecular complexity index is 661. The molecule has 0 N–H and O–H groups in total. The van der Waals surface area contributed by atoms with Crippen molar-refractivity contribution >= 4 is 0 Å². The standard InChI is InChI=1S/C16H25N5O2/c1-16(2,3)21-15(17-18-19-21)14(20(4)5)11-8-9-12(22-6)13(10-11)23-7/h8-10,14H,1-7H3. The molecule has 1 heterocycles. The average molecular weight is 319 g/mol. The molecule has 1 aromatic heterocycles. The third-order valence-electron chi connectivity index (χ3n) is 3.61. The summed E-state index contributed by atoms with van der Waals surface area (Å²) in [6.45, 7) is 6.23. The molecule has 0 radical (unpaired) electrons. The molecule has 0 saturated carbocycles. The van der Waals surface area contributed by atoms with E-state index < -0.39 is 0 Å². The molecule has 0 aliphatic rings. The van der Waals surface area contributed by atoms with Crippen LogP contribution in [-0.4, -0.2) is 53.4 Å². The first-order valence-corrected chi connectivity index (χ1v) is 7.46. The molecule has 1 unspecified atom stereocenters. The van der Waals surface area contributed by atoms with E-state index in [4.69, 9.17) is 9.47 Å². The maximum absolute atomic E-state index is 5.42. The number of benzene rings is 1. The highest BCUT2D eigenvalue weighted by Crippen LogP contribution is 2.34. The lowest BCUT2D eigenvalue weighted by atomic mass is 10.0. The van der Waals surface area contributed by atoms with Gasteiger partial charge < -0.3 is 9.47 Å². The van der Waals surface area contributed by atoms with E-state index in [1.807, 2.05) is 37.0 Å². The minimum absolute atomic E-state index is 0.0935. The Morgan fingerprint density at radius 2 is 1.74 bits per heavy atom. The topological polar surface area (TPSA) is 65.3 Å². The summed E-state index contributed by atoms with van der Waals surface area (Å²) in [7, 11) is 7.26. The van der Waals surface area contributed by atoms with Crippen molar-refractivity contribution in [3.63, 3.8) is 0 Å². The molecule has 0 amide bonds. The predicted molar refractivity (Wildman–Crippen MR) is 87.9 cm³/mol. The van der Waals surface area contributed by atoms with Gasteiger partial charge in [-0.1, -0.05) is 6.07 Å². The predicted octanol–water partition coefficient (Wildman–Crippen LogP) is 2.10. The van der Waals surface area contributed by atoms with Crippen LogP contribution in [0.2, 0.25) is 0 Å². The van der Waals surface area contributed by atoms with Gasteiger partial charge in [0.2, 0.25) is 0 Å². The number of hydrogen-bond acceptors (Lipinski definition) is 6. The molecule has 7 heteroatoms. The maximum Gasteiger partial charge on any atom is 0.173 e. The molecule has 0 fully saturated rings. The Morgan fingerprint density at radius 3 is 2.26 bits per heavy atom. The van der Waals surface area contributed by atoms with Crippen molar-refractivity contribution in [2.45, 2.75) is 32.4 Å². The second-order valence-corrected chi connectivity index (χ2v) is 6.60. The molecule has 0 saturated heterocycles. The second-order valence-electron chi connectivity index (χ2n) is 6.60. The van der Waals surface area contributed by atoms with Crippen LogP contribution in [0.15, 0.2) is 18.2 Å². The molecule has 2 rings (SSSR count). The fourth-order valence-electron chi connectivity index (χ4n) is 2.54. The van der Waals surface area contributed by atoms with Crippen LogP contribution in [0.5, 0.6) is 11.5 Å². The van der Waals surface area contributed by atoms with Crippen LogP contribution in [0.4, 0.5) is 0 Å². The average Bonchev–Trinajstić information content (AvgIpc) is 2.96. The van der Waals surface area contributed by atoms with Crippen molar-refractivity contribution in [3.05, 3.63) is 29.6 Å². The summed E-state index contributed by atoms with van der Waals surface area (Å²) in [5, 5.41) is 12.3. The fraction of sp³-hybridized carbons (Fsp3) is 0.562. The van der Waals surface area contributed by atoms with Crippen LogP contribution in [0.25, 0.3) is 0 Å². The summed E-state index contributed by atoms with van der Waals surface area (Å²) in [5.74, 6) is 2.17. The van der Waals surface area contributed by atoms with E-state index in [1.54, 1.807) is 14.2 Å². The summed E-state index contributed by atoms with van der Waals surface area (Å²) in [5.41, 5.74) is 0.830. The van der Waals surface area contributed by atoms with Gasteiger partial charge in [-0.25, -0.2) is 4.68 Å². The second kappa shape index (κ2) is 6.54. The van der Waals surface area contributed by atoms with E-state index in [1.165, 1.54) is 0 Å². The Hall–Kier alpha value is -2.15. The zero-order valence-electron chi connectivity index (χ0n) is 14.9. The third-order valence-corrected chi connectivity index (χ3v) is 3.61. The summed E-state index contributed by atoms with van der Waals surface area (Å²) < 4.78 is 12.6. The van der Waals surface area contributed by atoms with Crippen LogP contribution < -0.4 is 9.47 Å². The zero-order valence-corrected chi connectivity index (χ0v) is 14.9. The summed E-state index contributed by atoms with van der Waals surface area (Å²) in [6, 6.07) is 5.78. The first-order chi connectivity index (χ1) is 10.8. The lowest BCUT2D eigenvalue weighted by molar-refractivity contribution is 0.275. The van der Waals surface area contributed by atoms with Crippen LogP contribution in [0, 0.1) is 0 Å². The quantitative estimate of drug-likeness (QED) is 0.841. The van der Waals surface area contributed by atoms with E-state index in [2.05, 4.69) is 41.2 Å². The van der Waals surface area contributed by atoms with Gasteiger partial charge in [0.15, 0.2) is 17.3 Å². The van der Waals surface area contributed by atoms with Crippen molar-refractivity contribution in [1.29, 1.82) is 0 Å². The Kier molecular flexibility index (Phi) is 4.89. The van der Waals surface area contributed by atoms with Gasteiger partial charge in [-0.15, -0.1) is 5.10 Å². The van der Waals surface area contributed by atoms with Crippen molar-refractivity contribution in [3.8, 4) is 11.5 Å². The number of ether oxygens (including phenoxy) is 2. The zero-order chi connectivity index (χ0) is 17.2. The van der Waals surface area contributed by atoms with Gasteiger partial charge >= 0.3 is 0 Å². The fourth-order valence-corrected chi connectivity index (χ4v) is 2.54. The first-order valence-electron chi connectivity index (χ1n) is 7.46. The van der Waals surface area contributed by atoms with Crippen LogP contribution in [0.1, 0.15) is 38.2 Å². The highest BCUT2D eigenvalue weighted by atomic mass is 16.5. The first kappa shape index (κ1) is 17.2. The molecule has 23 heavy (non-hydrogen) atoms. The number of hydrogen-bond donors (Lipinski definition) is 0. The highest BCUT2D eigenvalue weighted by Gasteiger charge is 2.29. The highest BCUT2D eigenvalue weighted by molar-refractivity contribution is 5.44. The van der Waals surface area contributed by atoms with Gasteiger partial charge in [0.1, 0.15) is 0 Å². The van der Waals surface area contributed by atoms with Gasteiger partial charge in [0.05, 0.1) is 25.8 Å². The molecule has 0 aliphatic carbocycles. The van der Waals surface area contributed by atoms with E-state index in [0.717, 1.165) is 11.4 Å². The number of aromatic nitrogens is 4. The molecule has 2 aromatic rings. The van der Waals surface area contributed by atoms with Crippen LogP contribution in [-0.2, 0) is 5.54 Å². The van der Waals surface area contributed by atoms with E-state index in [-0.39, 0.29) is 11.6 Å². The van der Waals surface area contributed by atoms with Gasteiger partial charge in [-0.2, -0.15) is 0 Å². The lowest BCUT2D eigenvalue weighted by Crippen LogP contribution is -2.31. The lowest BCUT2D eigenvalue weighted by Gasteiger charge is -2.28. The number of rotatable bonds is 5. The van der Waals surface area contributed by atoms with Gasteiger partial charge in [-0.05, 0) is 63.0 Å². The van der Waals surface area contributed by atoms with Gasteiger partial charge in [0, 0.05) is 0 Å². The van der Waals surface area contributed by atoms with E-state index >= 15 is 0 Å². The Balaban J connectivity index is 2.55. The minimum Gasteiger partial charge on any atom is -0.493 e. The van der Waals surface area contributed by atoms with Crippen molar-refractivity contribution in [1.82, 2.24) is 25.1 Å². The minimum atomic E-state index is -0.205. The monoisotopic (exact) mass is 319 g/mol. The molecule has 1 atom stereocenters. The SMILES string of the molecule is COc1ccc(C(c2nnnn2C(C)(C)C)N(C)C)cc1OC. The summed E-state index contributed by atoms with van der Waals surface area (Å²) in [6.07, 6.45) is 0. The molecular formula is C16H25N5O2. The molecule has 0 aliphatic heterocycles. The van der Waals surface area contributed by atoms with E-state index in [0.29, 0.717) is 11.5 Å². The number of methoxy groups -OCH3 is 2. The molecule has 7 nitrogen and oxygen atoms in total. The molecule has 0 bridgehead atoms. The molecule has 126 valence electrons. The van der Waals surface area contributed by atoms with Crippen molar-refractivity contribution in [2.75, 3.05) is 28.3 Å². The van der Waals surface area contributed by atoms with Gasteiger partial charge in [-0.3, -0.25) is 4.90 Å². The van der Waals surface area contributed by atoms with Crippen LogP contribution in [0.3, 0.4) is 0 Å². The summed E-state index contributed by atoms with van der Waals surface area (Å²) >= 11 is 0. The number of nitrogens with zero attached hydrogens (tertiary/aromatic N) is 5. The normalized spacial score (nSPS) is 13.2. The van der Waals surface area contributed by atoms with Crippen molar-refractivity contribution in [2.24, 2.45) is 0 Å². The Labute approximate surface area is 137 Å². The van der Waals surface area contributed by atoms with Gasteiger partial charge in [0.25, 0.3) is 0 Å². The summed E-state index contributed by atoms with van der Waals surface area (Å²) in [4.78, 5) is 2.08. The van der Waals surface area contributed by atoms with E-state index in [9.17, 15) is 0 Å². The molecule has 1 aromatic carbocycles. The Morgan fingerprint density at radius 1 is 1.09 bits per heavy atom. The largest absolute Gasteiger partial charge is 0.493 e. The smallest absolute Gasteiger partial charge is 0.173 e. The third kappa shape index (κ3) is 3.44. The van der Waals surface area contributed by atoms with Crippen LogP contribution >= 0.6 is 0 Å². The van der Waals surface area contributed by atoms with Crippen molar-refractivity contribution < 1.29 is 9.47 Å². The maximum atomic E-state index is 5.42. The molecule has 0 spiro atoms.